The van der Waals surface area contributed by atoms with Crippen molar-refractivity contribution in [3.05, 3.63) is 11.3 Å². The van der Waals surface area contributed by atoms with Crippen LogP contribution in [0.3, 0.4) is 0 Å². The summed E-state index contributed by atoms with van der Waals surface area (Å²) < 4.78 is 21.3. The third kappa shape index (κ3) is 6.56. The maximum atomic E-state index is 12.9. The van der Waals surface area contributed by atoms with Gasteiger partial charge in [-0.3, -0.25) is 4.79 Å². The van der Waals surface area contributed by atoms with Gasteiger partial charge in [-0.2, -0.15) is 0 Å². The fourth-order valence-corrected chi connectivity index (χ4v) is 4.44. The van der Waals surface area contributed by atoms with Crippen LogP contribution >= 0.6 is 0 Å². The summed E-state index contributed by atoms with van der Waals surface area (Å²) >= 11 is 0. The highest BCUT2D eigenvalue weighted by atomic mass is 16.6. The summed E-state index contributed by atoms with van der Waals surface area (Å²) in [5, 5.41) is 0. The molecule has 0 fully saturated rings. The lowest BCUT2D eigenvalue weighted by molar-refractivity contribution is -0.169. The zero-order chi connectivity index (χ0) is 24.3. The molecular formula is C25H40O7. The Kier molecular flexibility index (Phi) is 8.19. The average molecular weight is 453 g/mol. The number of hydrogen-bond acceptors (Lipinski definition) is 7. The Morgan fingerprint density at radius 2 is 1.66 bits per heavy atom. The van der Waals surface area contributed by atoms with Crippen LogP contribution in [-0.2, 0) is 33.3 Å². The first-order valence-corrected chi connectivity index (χ1v) is 11.5. The van der Waals surface area contributed by atoms with Crippen LogP contribution in [0.4, 0.5) is 0 Å². The second-order valence-corrected chi connectivity index (χ2v) is 11.7. The lowest BCUT2D eigenvalue weighted by Gasteiger charge is -2.43. The van der Waals surface area contributed by atoms with E-state index in [0.717, 1.165) is 18.4 Å². The van der Waals surface area contributed by atoms with Gasteiger partial charge in [-0.25, -0.2) is 9.59 Å². The highest BCUT2D eigenvalue weighted by Gasteiger charge is 2.47. The highest BCUT2D eigenvalue weighted by Crippen LogP contribution is 2.47. The fraction of sp³-hybridized carbons (Fsp3) is 0.800. The minimum Gasteiger partial charge on any atom is -0.462 e. The molecule has 2 rings (SSSR count). The van der Waals surface area contributed by atoms with Crippen molar-refractivity contribution in [1.82, 2.24) is 0 Å². The largest absolute Gasteiger partial charge is 0.462 e. The average Bonchev–Trinajstić information content (AvgIpc) is 2.64. The van der Waals surface area contributed by atoms with E-state index in [0.29, 0.717) is 24.7 Å². The highest BCUT2D eigenvalue weighted by molar-refractivity contribution is 5.95. The number of ether oxygens (including phenoxy) is 4. The monoisotopic (exact) mass is 452 g/mol. The molecule has 7 nitrogen and oxygen atoms in total. The Labute approximate surface area is 192 Å². The molecule has 0 N–H and O–H groups in total. The van der Waals surface area contributed by atoms with E-state index in [4.69, 9.17) is 18.9 Å². The van der Waals surface area contributed by atoms with Crippen molar-refractivity contribution in [2.45, 2.75) is 74.7 Å². The van der Waals surface area contributed by atoms with Crippen molar-refractivity contribution in [3.63, 3.8) is 0 Å². The Morgan fingerprint density at radius 3 is 2.22 bits per heavy atom. The Balaban J connectivity index is 1.71. The molecule has 0 aromatic rings. The Hall–Kier alpha value is -1.89. The second-order valence-electron chi connectivity index (χ2n) is 11.7. The molecule has 32 heavy (non-hydrogen) atoms. The van der Waals surface area contributed by atoms with E-state index in [1.165, 1.54) is 0 Å². The number of esters is 3. The molecule has 0 radical (unpaired) electrons. The summed E-state index contributed by atoms with van der Waals surface area (Å²) in [5.41, 5.74) is -0.206. The fourth-order valence-electron chi connectivity index (χ4n) is 4.44. The second kappa shape index (κ2) is 9.94. The quantitative estimate of drug-likeness (QED) is 0.290. The van der Waals surface area contributed by atoms with E-state index < -0.39 is 11.4 Å². The summed E-state index contributed by atoms with van der Waals surface area (Å²) in [5.74, 6) is 0.0591. The number of carbonyl (C=O) groups excluding carboxylic acids is 3. The molecule has 1 heterocycles. The van der Waals surface area contributed by atoms with Crippen molar-refractivity contribution < 1.29 is 33.3 Å². The minimum atomic E-state index is -0.659. The van der Waals surface area contributed by atoms with Gasteiger partial charge >= 0.3 is 17.9 Å². The van der Waals surface area contributed by atoms with Gasteiger partial charge in [0.2, 0.25) is 0 Å². The molecule has 3 atom stereocenters. The van der Waals surface area contributed by atoms with E-state index in [2.05, 4.69) is 27.7 Å². The van der Waals surface area contributed by atoms with Gasteiger partial charge in [0.05, 0.1) is 17.6 Å². The predicted octanol–water partition coefficient (Wildman–Crippen LogP) is 4.44. The molecule has 0 saturated heterocycles. The first kappa shape index (κ1) is 26.4. The SMILES string of the molecule is CC1CC2=C(OC2=O)C(COCC(=O)OCCOC(=O)C(C)(CC(C)(C)C)C(C)(C)C)C1. The third-order valence-corrected chi connectivity index (χ3v) is 6.46. The molecule has 0 amide bonds. The van der Waals surface area contributed by atoms with E-state index in [1.54, 1.807) is 0 Å². The van der Waals surface area contributed by atoms with Gasteiger partial charge < -0.3 is 18.9 Å². The zero-order valence-corrected chi connectivity index (χ0v) is 21.0. The zero-order valence-electron chi connectivity index (χ0n) is 21.0. The van der Waals surface area contributed by atoms with E-state index in [1.807, 2.05) is 27.7 Å². The maximum Gasteiger partial charge on any atom is 0.342 e. The molecular weight excluding hydrogens is 412 g/mol. The predicted molar refractivity (Wildman–Crippen MR) is 119 cm³/mol. The van der Waals surface area contributed by atoms with Crippen molar-refractivity contribution in [1.29, 1.82) is 0 Å². The molecule has 2 aliphatic rings. The van der Waals surface area contributed by atoms with Crippen LogP contribution in [0, 0.1) is 28.1 Å². The molecule has 0 spiro atoms. The minimum absolute atomic E-state index is 0.00176. The normalized spacial score (nSPS) is 22.9. The first-order valence-electron chi connectivity index (χ1n) is 11.5. The van der Waals surface area contributed by atoms with Crippen LogP contribution in [0.25, 0.3) is 0 Å². The van der Waals surface area contributed by atoms with Crippen molar-refractivity contribution in [2.75, 3.05) is 26.4 Å². The van der Waals surface area contributed by atoms with Gasteiger partial charge in [-0.1, -0.05) is 48.5 Å². The Bertz CT molecular complexity index is 753. The summed E-state index contributed by atoms with van der Waals surface area (Å²) in [6.07, 6.45) is 2.29. The molecule has 1 aliphatic carbocycles. The molecule has 7 heteroatoms. The van der Waals surface area contributed by atoms with Crippen LogP contribution in [0.2, 0.25) is 0 Å². The number of carbonyl (C=O) groups is 3. The Morgan fingerprint density at radius 1 is 1.03 bits per heavy atom. The maximum absolute atomic E-state index is 12.9. The van der Waals surface area contributed by atoms with Crippen LogP contribution in [0.5, 0.6) is 0 Å². The van der Waals surface area contributed by atoms with E-state index in [9.17, 15) is 14.4 Å². The summed E-state index contributed by atoms with van der Waals surface area (Å²) in [6.45, 7) is 16.5. The number of hydrogen-bond donors (Lipinski definition) is 0. The van der Waals surface area contributed by atoms with Crippen molar-refractivity contribution in [3.8, 4) is 0 Å². The number of rotatable bonds is 9. The summed E-state index contributed by atoms with van der Waals surface area (Å²) in [7, 11) is 0. The van der Waals surface area contributed by atoms with Gasteiger partial charge in [0.1, 0.15) is 25.6 Å². The topological polar surface area (TPSA) is 88.1 Å². The molecule has 0 saturated carbocycles. The van der Waals surface area contributed by atoms with Crippen LogP contribution in [0.1, 0.15) is 74.7 Å². The van der Waals surface area contributed by atoms with Gasteiger partial charge in [0.15, 0.2) is 0 Å². The van der Waals surface area contributed by atoms with Crippen LogP contribution in [0.15, 0.2) is 11.3 Å². The van der Waals surface area contributed by atoms with Gasteiger partial charge in [0.25, 0.3) is 0 Å². The lowest BCUT2D eigenvalue weighted by Crippen LogP contribution is -2.44. The van der Waals surface area contributed by atoms with Gasteiger partial charge in [-0.05, 0) is 42.9 Å². The van der Waals surface area contributed by atoms with E-state index >= 15 is 0 Å². The van der Waals surface area contributed by atoms with E-state index in [-0.39, 0.29) is 48.5 Å². The van der Waals surface area contributed by atoms with Crippen LogP contribution < -0.4 is 0 Å². The third-order valence-electron chi connectivity index (χ3n) is 6.46. The first-order chi connectivity index (χ1) is 14.6. The molecule has 0 bridgehead atoms. The smallest absolute Gasteiger partial charge is 0.342 e. The molecule has 182 valence electrons. The van der Waals surface area contributed by atoms with Gasteiger partial charge in [0, 0.05) is 5.92 Å². The standard InChI is InChI=1S/C25H40O7/c1-16-11-17(20-18(12-16)21(27)32-20)13-29-14-19(26)30-9-10-31-22(28)25(8,24(5,6)7)15-23(2,3)4/h16-17H,9-15H2,1-8H3. The summed E-state index contributed by atoms with van der Waals surface area (Å²) in [4.78, 5) is 36.3. The molecule has 0 aromatic heterocycles. The molecule has 1 aliphatic heterocycles. The van der Waals surface area contributed by atoms with Crippen molar-refractivity contribution >= 4 is 17.9 Å². The van der Waals surface area contributed by atoms with Crippen LogP contribution in [-0.4, -0.2) is 44.3 Å². The summed E-state index contributed by atoms with van der Waals surface area (Å²) in [6, 6.07) is 0. The lowest BCUT2D eigenvalue weighted by atomic mass is 9.61. The molecule has 3 unspecified atom stereocenters. The van der Waals surface area contributed by atoms with Crippen molar-refractivity contribution in [2.24, 2.45) is 28.1 Å². The van der Waals surface area contributed by atoms with Gasteiger partial charge in [-0.15, -0.1) is 0 Å². The molecule has 0 aromatic carbocycles.